The first-order valence-corrected chi connectivity index (χ1v) is 7.39. The summed E-state index contributed by atoms with van der Waals surface area (Å²) >= 11 is 1.32. The summed E-state index contributed by atoms with van der Waals surface area (Å²) in [5.41, 5.74) is 0.528. The summed E-state index contributed by atoms with van der Waals surface area (Å²) in [6, 6.07) is 4.22. The van der Waals surface area contributed by atoms with Gasteiger partial charge in [0, 0.05) is 20.5 Å². The van der Waals surface area contributed by atoms with Crippen LogP contribution in [0.2, 0.25) is 0 Å². The molecule has 0 saturated carbocycles. The van der Waals surface area contributed by atoms with Crippen LogP contribution >= 0.6 is 11.3 Å². The summed E-state index contributed by atoms with van der Waals surface area (Å²) in [5.74, 6) is -1.74. The molecule has 117 valence electrons. The molecule has 0 aliphatic heterocycles. The fourth-order valence-electron chi connectivity index (χ4n) is 2.29. The van der Waals surface area contributed by atoms with E-state index in [-0.39, 0.29) is 17.1 Å². The van der Waals surface area contributed by atoms with Crippen molar-refractivity contribution < 1.29 is 18.3 Å². The van der Waals surface area contributed by atoms with Gasteiger partial charge >= 0.3 is 18.7 Å². The molecule has 0 spiro atoms. The number of rotatable bonds is 1. The molecule has 0 aliphatic carbocycles. The van der Waals surface area contributed by atoms with Gasteiger partial charge in [0.25, 0.3) is 0 Å². The zero-order valence-corrected chi connectivity index (χ0v) is 13.2. The number of hydrogen-bond acceptors (Lipinski definition) is 3. The summed E-state index contributed by atoms with van der Waals surface area (Å²) in [7, 11) is 4.28. The van der Waals surface area contributed by atoms with E-state index in [1.165, 1.54) is 30.4 Å². The van der Waals surface area contributed by atoms with Crippen molar-refractivity contribution in [2.45, 2.75) is 13.8 Å². The Morgan fingerprint density at radius 3 is 2.48 bits per heavy atom. The molecular weight excluding hydrogens is 322 g/mol. The Kier molecular flexibility index (Phi) is 5.21. The summed E-state index contributed by atoms with van der Waals surface area (Å²) in [6.07, 6.45) is 1.51. The minimum atomic E-state index is -0.708. The summed E-state index contributed by atoms with van der Waals surface area (Å²) in [6.45, 7) is 3.26. The Balaban J connectivity index is 0.000000595. The van der Waals surface area contributed by atoms with Crippen molar-refractivity contribution in [2.75, 3.05) is 0 Å². The standard InChI is InChI=1S/C15H10F3NS.CH2BO/c1-7-15(18)14(11(17)6-19-7)13-8(2)20-12-5-9(16)3-4-10(12)13;2-1-3/h3-6H,1-2H3;1,3H. The summed E-state index contributed by atoms with van der Waals surface area (Å²) < 4.78 is 42.2. The average Bonchev–Trinajstić information content (AvgIpc) is 2.80. The topological polar surface area (TPSA) is 33.1 Å². The molecule has 1 aromatic carbocycles. The quantitative estimate of drug-likeness (QED) is 0.674. The number of aryl methyl sites for hydroxylation is 2. The van der Waals surface area contributed by atoms with Gasteiger partial charge in [0.15, 0.2) is 11.6 Å². The van der Waals surface area contributed by atoms with E-state index in [1.807, 2.05) is 0 Å². The third-order valence-electron chi connectivity index (χ3n) is 3.23. The van der Waals surface area contributed by atoms with Crippen molar-refractivity contribution in [3.8, 4) is 11.1 Å². The van der Waals surface area contributed by atoms with Crippen molar-refractivity contribution in [3.05, 3.63) is 52.4 Å². The van der Waals surface area contributed by atoms with Crippen LogP contribution in [0.15, 0.2) is 24.4 Å². The molecule has 0 amide bonds. The third kappa shape index (κ3) is 3.29. The molecule has 3 aromatic rings. The number of aliphatic hydroxyl groups excluding tert-OH is 1. The molecule has 3 rings (SSSR count). The van der Waals surface area contributed by atoms with Gasteiger partial charge < -0.3 is 0 Å². The predicted molar refractivity (Wildman–Crippen MR) is 88.2 cm³/mol. The minimum absolute atomic E-state index is 0.0899. The van der Waals surface area contributed by atoms with Crippen molar-refractivity contribution >= 4 is 35.1 Å². The van der Waals surface area contributed by atoms with Crippen LogP contribution in [0.1, 0.15) is 10.6 Å². The Morgan fingerprint density at radius 1 is 1.17 bits per heavy atom. The fourth-order valence-corrected chi connectivity index (χ4v) is 3.39. The first-order chi connectivity index (χ1) is 10.9. The van der Waals surface area contributed by atoms with E-state index in [2.05, 4.69) is 12.5 Å². The molecule has 0 saturated heterocycles. The van der Waals surface area contributed by atoms with Gasteiger partial charge in [-0.2, -0.15) is 0 Å². The Morgan fingerprint density at radius 2 is 1.83 bits per heavy atom. The van der Waals surface area contributed by atoms with Crippen LogP contribution in [-0.2, 0) is 0 Å². The van der Waals surface area contributed by atoms with E-state index in [9.17, 15) is 13.2 Å². The maximum absolute atomic E-state index is 14.2. The van der Waals surface area contributed by atoms with Crippen LogP contribution in [0.4, 0.5) is 13.2 Å². The first kappa shape index (κ1) is 17.2. The van der Waals surface area contributed by atoms with Crippen LogP contribution in [0.3, 0.4) is 0 Å². The number of aromatic nitrogens is 1. The van der Waals surface area contributed by atoms with Crippen molar-refractivity contribution in [1.82, 2.24) is 4.98 Å². The molecule has 1 radical (unpaired) electrons. The first-order valence-electron chi connectivity index (χ1n) is 6.58. The normalized spacial score (nSPS) is 10.3. The van der Waals surface area contributed by atoms with Crippen molar-refractivity contribution in [3.63, 3.8) is 0 Å². The number of thiophene rings is 1. The van der Waals surface area contributed by atoms with E-state index in [4.69, 9.17) is 5.11 Å². The number of nitrogens with zero attached hydrogens (tertiary/aromatic N) is 1. The van der Waals surface area contributed by atoms with Crippen molar-refractivity contribution in [2.24, 2.45) is 0 Å². The average molecular weight is 334 g/mol. The Hall–Kier alpha value is -2.15. The summed E-state index contributed by atoms with van der Waals surface area (Å²) in [5, 5.41) is 7.87. The molecule has 1 N–H and O–H groups in total. The monoisotopic (exact) mass is 334 g/mol. The van der Waals surface area contributed by atoms with Gasteiger partial charge in [0.1, 0.15) is 5.82 Å². The molecule has 23 heavy (non-hydrogen) atoms. The number of aliphatic hydroxyl groups is 1. The molecule has 7 heteroatoms. The third-order valence-corrected chi connectivity index (χ3v) is 4.29. The van der Waals surface area contributed by atoms with Crippen LogP contribution < -0.4 is 0 Å². The Bertz CT molecular complexity index is 879. The summed E-state index contributed by atoms with van der Waals surface area (Å²) in [4.78, 5) is 4.41. The van der Waals surface area contributed by atoms with Crippen LogP contribution in [0.25, 0.3) is 21.2 Å². The molecule has 2 aromatic heterocycles. The van der Waals surface area contributed by atoms with Gasteiger partial charge in [0.2, 0.25) is 0 Å². The van der Waals surface area contributed by atoms with Crippen LogP contribution in [-0.4, -0.2) is 23.7 Å². The number of fused-ring (bicyclic) bond motifs is 1. The van der Waals surface area contributed by atoms with Crippen molar-refractivity contribution in [1.29, 1.82) is 0 Å². The second kappa shape index (κ2) is 6.96. The van der Waals surface area contributed by atoms with E-state index < -0.39 is 11.6 Å². The van der Waals surface area contributed by atoms with Gasteiger partial charge in [-0.15, -0.1) is 11.3 Å². The number of benzene rings is 1. The van der Waals surface area contributed by atoms with E-state index in [1.54, 1.807) is 13.0 Å². The predicted octanol–water partition coefficient (Wildman–Crippen LogP) is 4.28. The zero-order valence-electron chi connectivity index (χ0n) is 12.4. The van der Waals surface area contributed by atoms with Gasteiger partial charge in [-0.05, 0) is 32.0 Å². The molecule has 0 atom stereocenters. The molecule has 2 nitrogen and oxygen atoms in total. The van der Waals surface area contributed by atoms with E-state index in [0.717, 1.165) is 11.1 Å². The number of halogens is 3. The fraction of sp³-hybridized carbons (Fsp3) is 0.125. The second-order valence-corrected chi connectivity index (χ2v) is 5.96. The molecular formula is C16H12BF3NOS. The van der Waals surface area contributed by atoms with Gasteiger partial charge in [-0.3, -0.25) is 4.98 Å². The molecule has 0 bridgehead atoms. The van der Waals surface area contributed by atoms with E-state index in [0.29, 0.717) is 21.8 Å². The van der Waals surface area contributed by atoms with Crippen LogP contribution in [0.5, 0.6) is 0 Å². The second-order valence-electron chi connectivity index (χ2n) is 4.70. The molecule has 0 unspecified atom stereocenters. The SMILES string of the molecule is Cc1ncc(F)c(-c2c(C)sc3cc(F)ccc23)c1F.[B]=CO. The maximum atomic E-state index is 14.2. The molecule has 0 aliphatic rings. The zero-order chi connectivity index (χ0) is 17.1. The van der Waals surface area contributed by atoms with E-state index >= 15 is 0 Å². The van der Waals surface area contributed by atoms with Gasteiger partial charge in [-0.25, -0.2) is 13.2 Å². The van der Waals surface area contributed by atoms with Gasteiger partial charge in [0.05, 0.1) is 17.5 Å². The Labute approximate surface area is 136 Å². The number of pyridine rings is 1. The van der Waals surface area contributed by atoms with Gasteiger partial charge in [-0.1, -0.05) is 0 Å². The molecule has 2 heterocycles. The van der Waals surface area contributed by atoms with Crippen LogP contribution in [0, 0.1) is 31.3 Å². The number of hydrogen-bond donors (Lipinski definition) is 1. The molecule has 0 fully saturated rings.